The summed E-state index contributed by atoms with van der Waals surface area (Å²) in [6.07, 6.45) is -3.72. The molecule has 8 fully saturated rings. The Morgan fingerprint density at radius 3 is 1.80 bits per heavy atom. The summed E-state index contributed by atoms with van der Waals surface area (Å²) < 4.78 is 78.0. The smallest absolute Gasteiger partial charge is 0.378 e. The van der Waals surface area contributed by atoms with E-state index in [1.165, 1.54) is 88.4 Å². The number of rotatable bonds is 11. The summed E-state index contributed by atoms with van der Waals surface area (Å²) in [7, 11) is 8.53. The SMILES string of the molecule is CC[C@H](C)[C@@H]1NC(=O)[C@H](CC(C)C)N(C)C(=O)C[C@@H](C(=O)N2CCOCC2)N(C)C(=O)[C@H](C2CCCC2)N(C)C(=O)C2(CCCC2)NC(=O)[C@@H]2CCCN2C(=O)[C@H](CCC2CC(F)C(C(F)(F)F)C(F)C2)NC(=O)CN(C)C(=O)[C@H](CC2CCCCC2)N(C)C(=O)[C@@H]2CCN2C(=O)[C@H](C)N(C)C1=O. The van der Waals surface area contributed by atoms with Crippen LogP contribution in [0.1, 0.15) is 189 Å². The van der Waals surface area contributed by atoms with Crippen LogP contribution in [0.25, 0.3) is 0 Å². The van der Waals surface area contributed by atoms with E-state index in [-0.39, 0.29) is 109 Å². The Hall–Kier alpha value is -6.75. The van der Waals surface area contributed by atoms with Crippen molar-refractivity contribution in [3.63, 3.8) is 0 Å². The monoisotopic (exact) mass is 1460 g/mol. The molecule has 0 aromatic heterocycles. The third-order valence-electron chi connectivity index (χ3n) is 24.1. The molecule has 4 aliphatic carbocycles. The zero-order valence-electron chi connectivity index (χ0n) is 62.5. The molecular formula is C73H115F5N12O13. The van der Waals surface area contributed by atoms with Gasteiger partial charge in [-0.2, -0.15) is 13.2 Å². The van der Waals surface area contributed by atoms with E-state index in [0.29, 0.717) is 44.9 Å². The lowest BCUT2D eigenvalue weighted by Gasteiger charge is -2.45. The molecule has 4 heterocycles. The van der Waals surface area contributed by atoms with Gasteiger partial charge in [0, 0.05) is 68.5 Å². The highest BCUT2D eigenvalue weighted by Gasteiger charge is 2.55. The molecule has 4 aliphatic heterocycles. The van der Waals surface area contributed by atoms with E-state index < -0.39 is 199 Å². The van der Waals surface area contributed by atoms with Crippen LogP contribution in [0, 0.1) is 35.5 Å². The van der Waals surface area contributed by atoms with E-state index in [4.69, 9.17) is 4.74 Å². The maximum absolute atomic E-state index is 15.7. The van der Waals surface area contributed by atoms with Gasteiger partial charge in [-0.05, 0) is 120 Å². The normalized spacial score (nSPS) is 32.1. The predicted octanol–water partition coefficient (Wildman–Crippen LogP) is 5.15. The average molecular weight is 1460 g/mol. The molecule has 0 bridgehead atoms. The van der Waals surface area contributed by atoms with Crippen LogP contribution >= 0.6 is 0 Å². The molecule has 3 N–H and O–H groups in total. The van der Waals surface area contributed by atoms with Crippen LogP contribution in [-0.2, 0) is 62.3 Å². The second-order valence-electron chi connectivity index (χ2n) is 31.5. The van der Waals surface area contributed by atoms with Gasteiger partial charge in [-0.15, -0.1) is 0 Å². The van der Waals surface area contributed by atoms with Gasteiger partial charge in [0.05, 0.1) is 26.2 Å². The number of nitrogens with one attached hydrogen (secondary N) is 3. The van der Waals surface area contributed by atoms with E-state index in [9.17, 15) is 37.1 Å². The number of carbonyl (C=O) groups is 12. The van der Waals surface area contributed by atoms with Crippen molar-refractivity contribution >= 4 is 70.9 Å². The second kappa shape index (κ2) is 35.6. The van der Waals surface area contributed by atoms with Gasteiger partial charge in [0.2, 0.25) is 70.9 Å². The fourth-order valence-corrected chi connectivity index (χ4v) is 17.3. The molecule has 12 amide bonds. The molecule has 8 rings (SSSR count). The maximum atomic E-state index is 15.7. The topological polar surface area (TPSA) is 279 Å². The highest BCUT2D eigenvalue weighted by molar-refractivity contribution is 6.01. The highest BCUT2D eigenvalue weighted by atomic mass is 19.4. The van der Waals surface area contributed by atoms with Crippen molar-refractivity contribution in [1.29, 1.82) is 0 Å². The zero-order chi connectivity index (χ0) is 75.7. The lowest BCUT2D eigenvalue weighted by molar-refractivity contribution is -0.219. The van der Waals surface area contributed by atoms with Crippen molar-refractivity contribution in [3.05, 3.63) is 0 Å². The molecule has 0 radical (unpaired) electrons. The molecule has 580 valence electrons. The molecule has 8 aliphatic rings. The number of carbonyl (C=O) groups excluding carboxylic acids is 12. The lowest BCUT2D eigenvalue weighted by Crippen LogP contribution is -2.65. The van der Waals surface area contributed by atoms with Crippen molar-refractivity contribution in [2.24, 2.45) is 35.5 Å². The number of morpholine rings is 1. The number of hydrogen-bond donors (Lipinski definition) is 3. The Labute approximate surface area is 603 Å². The summed E-state index contributed by atoms with van der Waals surface area (Å²) >= 11 is 0. The second-order valence-corrected chi connectivity index (χ2v) is 31.5. The van der Waals surface area contributed by atoms with Crippen LogP contribution in [0.15, 0.2) is 0 Å². The van der Waals surface area contributed by atoms with E-state index in [0.717, 1.165) is 37.0 Å². The molecule has 30 heteroatoms. The number of ether oxygens (including phenoxy) is 1. The first-order valence-corrected chi connectivity index (χ1v) is 37.9. The minimum absolute atomic E-state index is 0.0109. The molecule has 103 heavy (non-hydrogen) atoms. The summed E-state index contributed by atoms with van der Waals surface area (Å²) in [5.41, 5.74) is -1.62. The maximum Gasteiger partial charge on any atom is 0.397 e. The predicted molar refractivity (Wildman–Crippen MR) is 370 cm³/mol. The van der Waals surface area contributed by atoms with Crippen LogP contribution in [0.5, 0.6) is 0 Å². The molecule has 4 saturated heterocycles. The largest absolute Gasteiger partial charge is 0.397 e. The van der Waals surface area contributed by atoms with Crippen molar-refractivity contribution in [2.45, 2.75) is 267 Å². The number of fused-ring (bicyclic) bond motifs is 2. The molecule has 4 saturated carbocycles. The lowest BCUT2D eigenvalue weighted by atomic mass is 9.76. The average Bonchev–Trinajstić information content (AvgIpc) is 1.76. The number of alkyl halides is 5. The molecular weight excluding hydrogens is 1350 g/mol. The number of amides is 12. The summed E-state index contributed by atoms with van der Waals surface area (Å²) in [6.45, 7) is 8.86. The van der Waals surface area contributed by atoms with Gasteiger partial charge in [-0.25, -0.2) is 8.78 Å². The van der Waals surface area contributed by atoms with E-state index >= 15 is 42.3 Å². The van der Waals surface area contributed by atoms with Gasteiger partial charge in [-0.3, -0.25) is 57.5 Å². The first-order chi connectivity index (χ1) is 48.6. The number of halogens is 5. The quantitative estimate of drug-likeness (QED) is 0.226. The van der Waals surface area contributed by atoms with Gasteiger partial charge >= 0.3 is 6.18 Å². The van der Waals surface area contributed by atoms with Crippen molar-refractivity contribution in [2.75, 3.05) is 88.2 Å². The number of likely N-dealkylation sites (N-methyl/N-ethyl adjacent to an activating group) is 6. The van der Waals surface area contributed by atoms with Gasteiger partial charge in [0.15, 0.2) is 0 Å². The first-order valence-electron chi connectivity index (χ1n) is 37.9. The van der Waals surface area contributed by atoms with E-state index in [1.54, 1.807) is 6.92 Å². The molecule has 2 unspecified atom stereocenters. The van der Waals surface area contributed by atoms with Crippen LogP contribution in [0.3, 0.4) is 0 Å². The Morgan fingerprint density at radius 1 is 0.602 bits per heavy atom. The van der Waals surface area contributed by atoms with Gasteiger partial charge in [0.25, 0.3) is 0 Å². The Morgan fingerprint density at radius 2 is 1.21 bits per heavy atom. The Kier molecular flexibility index (Phi) is 28.3. The van der Waals surface area contributed by atoms with Crippen LogP contribution in [0.4, 0.5) is 22.0 Å². The highest BCUT2D eigenvalue weighted by Crippen LogP contribution is 2.45. The molecule has 0 aromatic rings. The minimum atomic E-state index is -5.16. The van der Waals surface area contributed by atoms with Crippen LogP contribution in [0.2, 0.25) is 0 Å². The molecule has 25 nitrogen and oxygen atoms in total. The zero-order valence-corrected chi connectivity index (χ0v) is 62.5. The summed E-state index contributed by atoms with van der Waals surface area (Å²) in [5.74, 6) is -13.1. The Balaban J connectivity index is 1.17. The first kappa shape index (κ1) is 81.9. The third kappa shape index (κ3) is 19.1. The molecule has 12 atom stereocenters. The van der Waals surface area contributed by atoms with Gasteiger partial charge in [0.1, 0.15) is 78.2 Å². The molecule has 0 aromatic carbocycles. The van der Waals surface area contributed by atoms with Crippen LogP contribution in [-0.4, -0.2) is 282 Å². The standard InChI is InChI=1S/C73H115F5N12O13/c1-12-44(4)60-69(100)83(7)45(5)64(95)90-32-28-53(90)67(98)85(9)55(40-46-21-14-13-15-22-46)66(97)82(6)42-57(91)79-51(27-26-47-38-49(74)59(50(75)39-47)73(76,77)78)65(96)89-31-20-25-52(89)63(94)81-72(29-18-19-30-72)71(102)87(11)61(48-23-16-17-24-48)70(101)86(10)56(68(99)88-33-35-103-36-34-88)41-58(92)84(8)54(37-43(2)3)62(93)80-60/h43-56,59-61H,12-42H2,1-11H3,(H,79,91)(H,80,93)(H,81,94)/t44-,45-,47?,49?,50?,51-,52-,53-,54-,55-,56-,59?,60-,61-/m0/s1. The van der Waals surface area contributed by atoms with Crippen molar-refractivity contribution in [3.8, 4) is 0 Å². The van der Waals surface area contributed by atoms with Crippen molar-refractivity contribution in [1.82, 2.24) is 60.0 Å². The fourth-order valence-electron chi connectivity index (χ4n) is 17.3. The van der Waals surface area contributed by atoms with Gasteiger partial charge < -0.3 is 64.8 Å². The van der Waals surface area contributed by atoms with Gasteiger partial charge in [-0.1, -0.05) is 91.9 Å². The van der Waals surface area contributed by atoms with Crippen LogP contribution < -0.4 is 16.0 Å². The Bertz CT molecular complexity index is 3040. The summed E-state index contributed by atoms with van der Waals surface area (Å²) in [4.78, 5) is 192. The van der Waals surface area contributed by atoms with Crippen molar-refractivity contribution < 1.29 is 84.2 Å². The minimum Gasteiger partial charge on any atom is -0.378 e. The van der Waals surface area contributed by atoms with E-state index in [1.807, 2.05) is 20.8 Å². The number of nitrogens with zero attached hydrogens (tertiary/aromatic N) is 9. The molecule has 1 spiro atoms. The number of hydrogen-bond acceptors (Lipinski definition) is 13. The summed E-state index contributed by atoms with van der Waals surface area (Å²) in [6, 6.07) is -11.4. The third-order valence-corrected chi connectivity index (χ3v) is 24.1. The fraction of sp³-hybridized carbons (Fsp3) is 0.836. The summed E-state index contributed by atoms with van der Waals surface area (Å²) in [5, 5.41) is 8.66. The van der Waals surface area contributed by atoms with E-state index in [2.05, 4.69) is 16.0 Å².